The van der Waals surface area contributed by atoms with Crippen LogP contribution in [0.1, 0.15) is 61.4 Å². The Hall–Kier alpha value is -1.64. The molecule has 1 aromatic carbocycles. The third-order valence-electron chi connectivity index (χ3n) is 4.04. The molecular weight excluding hydrogens is 240 g/mol. The highest BCUT2D eigenvalue weighted by atomic mass is 16.4. The highest BCUT2D eigenvalue weighted by molar-refractivity contribution is 6.39. The van der Waals surface area contributed by atoms with E-state index in [1.54, 1.807) is 12.1 Å². The molecule has 0 heterocycles. The van der Waals surface area contributed by atoms with Crippen LogP contribution in [0.4, 0.5) is 0 Å². The van der Waals surface area contributed by atoms with Gasteiger partial charge in [0.2, 0.25) is 0 Å². The van der Waals surface area contributed by atoms with E-state index in [2.05, 4.69) is 13.8 Å². The minimum Gasteiger partial charge on any atom is -0.475 e. The molecule has 1 atom stereocenters. The van der Waals surface area contributed by atoms with Crippen LogP contribution in [0.25, 0.3) is 0 Å². The van der Waals surface area contributed by atoms with E-state index in [0.29, 0.717) is 11.3 Å². The molecule has 0 bridgehead atoms. The molecule has 19 heavy (non-hydrogen) atoms. The van der Waals surface area contributed by atoms with Crippen LogP contribution in [0.2, 0.25) is 0 Å². The lowest BCUT2D eigenvalue weighted by molar-refractivity contribution is -0.131. The van der Waals surface area contributed by atoms with E-state index in [1.165, 1.54) is 24.8 Å². The smallest absolute Gasteiger partial charge is 0.377 e. The van der Waals surface area contributed by atoms with E-state index >= 15 is 0 Å². The Morgan fingerprint density at radius 1 is 1.21 bits per heavy atom. The second kappa shape index (κ2) is 5.16. The maximum Gasteiger partial charge on any atom is 0.377 e. The lowest BCUT2D eigenvalue weighted by Gasteiger charge is -2.35. The Kier molecular flexibility index (Phi) is 3.74. The van der Waals surface area contributed by atoms with Gasteiger partial charge in [0.1, 0.15) is 0 Å². The van der Waals surface area contributed by atoms with Crippen LogP contribution in [0.3, 0.4) is 0 Å². The average Bonchev–Trinajstić information content (AvgIpc) is 2.37. The van der Waals surface area contributed by atoms with Gasteiger partial charge >= 0.3 is 5.97 Å². The third-order valence-corrected chi connectivity index (χ3v) is 4.04. The minimum absolute atomic E-state index is 0.256. The molecule has 0 spiro atoms. The fourth-order valence-electron chi connectivity index (χ4n) is 3.01. The van der Waals surface area contributed by atoms with Gasteiger partial charge in [-0.05, 0) is 36.2 Å². The van der Waals surface area contributed by atoms with Gasteiger partial charge in [0.05, 0.1) is 0 Å². The Bertz CT molecular complexity index is 485. The number of Topliss-reactive ketones (excluding diaryl/α,β-unsaturated/α-hetero) is 1. The molecule has 1 aliphatic rings. The fourth-order valence-corrected chi connectivity index (χ4v) is 3.01. The first-order valence-corrected chi connectivity index (χ1v) is 6.77. The second-order valence-electron chi connectivity index (χ2n) is 6.21. The largest absolute Gasteiger partial charge is 0.475 e. The van der Waals surface area contributed by atoms with Crippen LogP contribution in [0, 0.1) is 5.41 Å². The molecule has 0 aliphatic heterocycles. The molecule has 102 valence electrons. The Morgan fingerprint density at radius 2 is 1.84 bits per heavy atom. The summed E-state index contributed by atoms with van der Waals surface area (Å²) in [6.45, 7) is 4.59. The Labute approximate surface area is 113 Å². The summed E-state index contributed by atoms with van der Waals surface area (Å²) in [5, 5.41) is 8.67. The van der Waals surface area contributed by atoms with E-state index < -0.39 is 11.8 Å². The summed E-state index contributed by atoms with van der Waals surface area (Å²) < 4.78 is 0. The zero-order valence-corrected chi connectivity index (χ0v) is 11.5. The molecule has 1 unspecified atom stereocenters. The second-order valence-corrected chi connectivity index (χ2v) is 6.21. The van der Waals surface area contributed by atoms with Gasteiger partial charge in [-0.2, -0.15) is 0 Å². The lowest BCUT2D eigenvalue weighted by Crippen LogP contribution is -2.21. The van der Waals surface area contributed by atoms with Crippen molar-refractivity contribution in [3.8, 4) is 0 Å². The maximum atomic E-state index is 11.3. The monoisotopic (exact) mass is 260 g/mol. The molecular formula is C16H20O3. The van der Waals surface area contributed by atoms with E-state index in [-0.39, 0.29) is 5.56 Å². The van der Waals surface area contributed by atoms with Crippen LogP contribution in [-0.4, -0.2) is 16.9 Å². The Morgan fingerprint density at radius 3 is 2.37 bits per heavy atom. The number of aliphatic carboxylic acids is 1. The summed E-state index contributed by atoms with van der Waals surface area (Å²) in [5.41, 5.74) is 1.85. The quantitative estimate of drug-likeness (QED) is 0.667. The van der Waals surface area contributed by atoms with E-state index in [0.717, 1.165) is 6.42 Å². The molecule has 1 saturated carbocycles. The highest BCUT2D eigenvalue weighted by Crippen LogP contribution is 2.43. The van der Waals surface area contributed by atoms with Crippen molar-refractivity contribution < 1.29 is 14.7 Å². The van der Waals surface area contributed by atoms with Crippen molar-refractivity contribution in [3.63, 3.8) is 0 Å². The zero-order valence-electron chi connectivity index (χ0n) is 11.5. The van der Waals surface area contributed by atoms with Crippen molar-refractivity contribution in [2.75, 3.05) is 0 Å². The fraction of sp³-hybridized carbons (Fsp3) is 0.500. The summed E-state index contributed by atoms with van der Waals surface area (Å²) in [5.74, 6) is -1.71. The summed E-state index contributed by atoms with van der Waals surface area (Å²) >= 11 is 0. The van der Waals surface area contributed by atoms with Gasteiger partial charge in [-0.15, -0.1) is 0 Å². The van der Waals surface area contributed by atoms with Crippen LogP contribution in [0.5, 0.6) is 0 Å². The molecule has 3 heteroatoms. The summed E-state index contributed by atoms with van der Waals surface area (Å²) in [7, 11) is 0. The number of benzene rings is 1. The van der Waals surface area contributed by atoms with Gasteiger partial charge in [0, 0.05) is 5.56 Å². The number of hydrogen-bond donors (Lipinski definition) is 1. The molecule has 1 aliphatic carbocycles. The van der Waals surface area contributed by atoms with Crippen molar-refractivity contribution >= 4 is 11.8 Å². The Balaban J connectivity index is 2.14. The predicted octanol–water partition coefficient (Wildman–Crippen LogP) is 3.64. The first kappa shape index (κ1) is 13.8. The predicted molar refractivity (Wildman–Crippen MR) is 73.4 cm³/mol. The molecule has 0 radical (unpaired) electrons. The van der Waals surface area contributed by atoms with Gasteiger partial charge < -0.3 is 5.11 Å². The number of carbonyl (C=O) groups is 2. The van der Waals surface area contributed by atoms with Crippen LogP contribution in [0.15, 0.2) is 24.3 Å². The molecule has 3 nitrogen and oxygen atoms in total. The highest BCUT2D eigenvalue weighted by Gasteiger charge is 2.28. The van der Waals surface area contributed by atoms with Crippen LogP contribution in [-0.2, 0) is 4.79 Å². The number of carboxylic acids is 1. The number of ketones is 1. The van der Waals surface area contributed by atoms with Crippen molar-refractivity contribution in [3.05, 3.63) is 35.4 Å². The van der Waals surface area contributed by atoms with Crippen molar-refractivity contribution in [2.24, 2.45) is 5.41 Å². The van der Waals surface area contributed by atoms with Crippen molar-refractivity contribution in [2.45, 2.75) is 45.4 Å². The average molecular weight is 260 g/mol. The van der Waals surface area contributed by atoms with Crippen LogP contribution >= 0.6 is 0 Å². The number of hydrogen-bond acceptors (Lipinski definition) is 2. The third kappa shape index (κ3) is 3.22. The first-order chi connectivity index (χ1) is 8.89. The molecule has 0 saturated heterocycles. The molecule has 1 aromatic rings. The van der Waals surface area contributed by atoms with Crippen molar-refractivity contribution in [1.82, 2.24) is 0 Å². The lowest BCUT2D eigenvalue weighted by atomic mass is 9.70. The number of carbonyl (C=O) groups excluding carboxylic acids is 1. The first-order valence-electron chi connectivity index (χ1n) is 6.77. The summed E-state index contributed by atoms with van der Waals surface area (Å²) in [4.78, 5) is 22.0. The zero-order chi connectivity index (χ0) is 14.0. The normalized spacial score (nSPS) is 21.9. The molecule has 2 rings (SSSR count). The molecule has 0 amide bonds. The summed E-state index contributed by atoms with van der Waals surface area (Å²) in [6.07, 6.45) is 4.82. The maximum absolute atomic E-state index is 11.3. The molecule has 0 aromatic heterocycles. The van der Waals surface area contributed by atoms with Gasteiger partial charge in [-0.25, -0.2) is 4.79 Å². The molecule has 1 fully saturated rings. The van der Waals surface area contributed by atoms with Gasteiger partial charge in [-0.1, -0.05) is 44.5 Å². The number of carboxylic acid groups (broad SMARTS) is 1. The van der Waals surface area contributed by atoms with E-state index in [4.69, 9.17) is 5.11 Å². The summed E-state index contributed by atoms with van der Waals surface area (Å²) in [6, 6.07) is 7.07. The standard InChI is InChI=1S/C16H20O3/c1-16(2)9-3-4-13(10-16)11-5-7-12(8-6-11)14(17)15(18)19/h5-8,13H,3-4,9-10H2,1-2H3,(H,18,19). The topological polar surface area (TPSA) is 54.4 Å². The van der Waals surface area contributed by atoms with Crippen LogP contribution < -0.4 is 0 Å². The SMILES string of the molecule is CC1(C)CCCC(c2ccc(C(=O)C(=O)O)cc2)C1. The van der Waals surface area contributed by atoms with E-state index in [9.17, 15) is 9.59 Å². The number of rotatable bonds is 3. The van der Waals surface area contributed by atoms with Gasteiger partial charge in [0.25, 0.3) is 5.78 Å². The van der Waals surface area contributed by atoms with Gasteiger partial charge in [0.15, 0.2) is 0 Å². The van der Waals surface area contributed by atoms with E-state index in [1.807, 2.05) is 12.1 Å². The molecule has 1 N–H and O–H groups in total. The van der Waals surface area contributed by atoms with Crippen molar-refractivity contribution in [1.29, 1.82) is 0 Å². The minimum atomic E-state index is -1.40. The van der Waals surface area contributed by atoms with Gasteiger partial charge in [-0.3, -0.25) is 4.79 Å².